The van der Waals surface area contributed by atoms with E-state index in [1.54, 1.807) is 6.07 Å². The van der Waals surface area contributed by atoms with Gasteiger partial charge in [-0.1, -0.05) is 17.8 Å². The monoisotopic (exact) mass is 300 g/mol. The van der Waals surface area contributed by atoms with Gasteiger partial charge in [-0.3, -0.25) is 0 Å². The van der Waals surface area contributed by atoms with Gasteiger partial charge in [0.1, 0.15) is 0 Å². The molecule has 0 unspecified atom stereocenters. The summed E-state index contributed by atoms with van der Waals surface area (Å²) in [5.74, 6) is -0.738. The zero-order chi connectivity index (χ0) is 13.8. The van der Waals surface area contributed by atoms with Crippen LogP contribution in [0.3, 0.4) is 0 Å². The van der Waals surface area contributed by atoms with Crippen LogP contribution in [0.5, 0.6) is 0 Å². The number of hydrogen-bond donors (Lipinski definition) is 0. The molecule has 0 radical (unpaired) electrons. The van der Waals surface area contributed by atoms with E-state index in [9.17, 15) is 18.7 Å². The highest BCUT2D eigenvalue weighted by atomic mass is 32.2. The van der Waals surface area contributed by atoms with Crippen LogP contribution in [0.15, 0.2) is 34.7 Å². The molecule has 3 nitrogen and oxygen atoms in total. The number of thioether (sulfide) groups is 1. The third kappa shape index (κ3) is 3.74. The second-order valence-corrected chi connectivity index (χ2v) is 5.95. The molecule has 0 aliphatic carbocycles. The Labute approximate surface area is 116 Å². The summed E-state index contributed by atoms with van der Waals surface area (Å²) in [6.07, 6.45) is -0.537. The fraction of sp³-hybridized carbons (Fsp3) is 0.167. The van der Waals surface area contributed by atoms with Crippen molar-refractivity contribution >= 4 is 39.3 Å². The molecule has 0 N–H and O–H groups in total. The van der Waals surface area contributed by atoms with Gasteiger partial charge in [0, 0.05) is 5.75 Å². The summed E-state index contributed by atoms with van der Waals surface area (Å²) in [6.45, 7) is 0. The Bertz CT molecular complexity index is 636. The molecule has 0 bridgehead atoms. The topological polar surface area (TPSA) is 53.0 Å². The fourth-order valence-electron chi connectivity index (χ4n) is 1.41. The predicted octanol–water partition coefficient (Wildman–Crippen LogP) is 2.92. The van der Waals surface area contributed by atoms with Gasteiger partial charge in [0.2, 0.25) is 0 Å². The van der Waals surface area contributed by atoms with E-state index in [0.717, 1.165) is 15.1 Å². The Morgan fingerprint density at radius 2 is 2.26 bits per heavy atom. The van der Waals surface area contributed by atoms with Crippen molar-refractivity contribution in [2.45, 2.75) is 10.8 Å². The van der Waals surface area contributed by atoms with Crippen LogP contribution < -0.4 is 5.11 Å². The van der Waals surface area contributed by atoms with Crippen molar-refractivity contribution < 1.29 is 18.7 Å². The zero-order valence-electron chi connectivity index (χ0n) is 9.56. The highest BCUT2D eigenvalue weighted by Gasteiger charge is 2.05. The van der Waals surface area contributed by atoms with Gasteiger partial charge in [0.25, 0.3) is 6.08 Å². The lowest BCUT2D eigenvalue weighted by Crippen LogP contribution is -2.21. The Morgan fingerprint density at radius 1 is 1.47 bits per heavy atom. The van der Waals surface area contributed by atoms with E-state index < -0.39 is 12.0 Å². The highest BCUT2D eigenvalue weighted by Crippen LogP contribution is 2.30. The molecule has 2 aromatic rings. The molecule has 0 aliphatic heterocycles. The van der Waals surface area contributed by atoms with Gasteiger partial charge in [0.15, 0.2) is 4.34 Å². The van der Waals surface area contributed by atoms with Gasteiger partial charge >= 0.3 is 0 Å². The summed E-state index contributed by atoms with van der Waals surface area (Å²) in [6, 6.07) is 4.58. The number of aromatic carboxylic acids is 1. The molecular weight excluding hydrogens is 292 g/mol. The van der Waals surface area contributed by atoms with Crippen LogP contribution >= 0.6 is 23.1 Å². The van der Waals surface area contributed by atoms with Crippen LogP contribution in [0.25, 0.3) is 10.2 Å². The molecule has 7 heteroatoms. The van der Waals surface area contributed by atoms with Crippen LogP contribution in [-0.2, 0) is 0 Å². The number of hydrogen-bond acceptors (Lipinski definition) is 5. The van der Waals surface area contributed by atoms with E-state index in [4.69, 9.17) is 0 Å². The van der Waals surface area contributed by atoms with E-state index in [1.807, 2.05) is 0 Å². The number of benzene rings is 1. The lowest BCUT2D eigenvalue weighted by molar-refractivity contribution is -0.255. The average Bonchev–Trinajstić information content (AvgIpc) is 2.75. The molecule has 0 fully saturated rings. The number of nitrogens with zero attached hydrogens (tertiary/aromatic N) is 1. The fourth-order valence-corrected chi connectivity index (χ4v) is 3.41. The molecule has 1 aromatic carbocycles. The highest BCUT2D eigenvalue weighted by molar-refractivity contribution is 8.01. The maximum atomic E-state index is 11.8. The van der Waals surface area contributed by atoms with Crippen LogP contribution in [0.4, 0.5) is 8.78 Å². The smallest absolute Gasteiger partial charge is 0.266 e. The van der Waals surface area contributed by atoms with Gasteiger partial charge in [-0.2, -0.15) is 8.78 Å². The number of rotatable bonds is 5. The van der Waals surface area contributed by atoms with E-state index >= 15 is 0 Å². The van der Waals surface area contributed by atoms with Crippen molar-refractivity contribution in [1.29, 1.82) is 0 Å². The minimum atomic E-state index is -1.68. The number of thiazole rings is 1. The summed E-state index contributed by atoms with van der Waals surface area (Å²) in [5.41, 5.74) is 0.665. The SMILES string of the molecule is O=C([O-])c1ccc2sc(SCCC=C(F)F)nc2c1. The maximum Gasteiger partial charge on any atom is 0.266 e. The quantitative estimate of drug-likeness (QED) is 0.629. The number of aromatic nitrogens is 1. The third-order valence-corrected chi connectivity index (χ3v) is 4.46. The second kappa shape index (κ2) is 6.12. The minimum Gasteiger partial charge on any atom is -0.545 e. The van der Waals surface area contributed by atoms with Gasteiger partial charge < -0.3 is 9.90 Å². The predicted molar refractivity (Wildman–Crippen MR) is 69.6 cm³/mol. The first-order valence-electron chi connectivity index (χ1n) is 5.32. The lowest BCUT2D eigenvalue weighted by Gasteiger charge is -1.99. The molecule has 1 aromatic heterocycles. The Hall–Kier alpha value is -1.47. The summed E-state index contributed by atoms with van der Waals surface area (Å²) < 4.78 is 25.2. The average molecular weight is 300 g/mol. The van der Waals surface area contributed by atoms with Gasteiger partial charge in [0.05, 0.1) is 16.2 Å². The molecule has 100 valence electrons. The van der Waals surface area contributed by atoms with E-state index in [-0.39, 0.29) is 12.0 Å². The van der Waals surface area contributed by atoms with Gasteiger partial charge in [-0.15, -0.1) is 11.3 Å². The Kier molecular flexibility index (Phi) is 4.49. The largest absolute Gasteiger partial charge is 0.545 e. The summed E-state index contributed by atoms with van der Waals surface area (Å²) in [7, 11) is 0. The van der Waals surface area contributed by atoms with Crippen LogP contribution in [0, 0.1) is 0 Å². The summed E-state index contributed by atoms with van der Waals surface area (Å²) in [5, 5.41) is 10.7. The van der Waals surface area contributed by atoms with E-state index in [2.05, 4.69) is 4.98 Å². The van der Waals surface area contributed by atoms with Crippen molar-refractivity contribution in [3.8, 4) is 0 Å². The maximum absolute atomic E-state index is 11.8. The first-order valence-corrected chi connectivity index (χ1v) is 7.12. The molecule has 1 heterocycles. The van der Waals surface area contributed by atoms with Crippen molar-refractivity contribution in [2.75, 3.05) is 5.75 Å². The number of fused-ring (bicyclic) bond motifs is 1. The molecule has 0 spiro atoms. The third-order valence-electron chi connectivity index (χ3n) is 2.25. The van der Waals surface area contributed by atoms with Crippen LogP contribution in [-0.4, -0.2) is 16.7 Å². The second-order valence-electron chi connectivity index (χ2n) is 3.58. The summed E-state index contributed by atoms with van der Waals surface area (Å²) >= 11 is 2.78. The van der Waals surface area contributed by atoms with Crippen LogP contribution in [0.2, 0.25) is 0 Å². The Balaban J connectivity index is 2.09. The number of carboxylic acids is 1. The molecule has 0 saturated heterocycles. The standard InChI is InChI=1S/C12H9F2NO2S2/c13-10(14)2-1-5-18-12-15-8-6-7(11(16)17)3-4-9(8)19-12/h2-4,6H,1,5H2,(H,16,17)/p-1. The number of carbonyl (C=O) groups excluding carboxylic acids is 1. The normalized spacial score (nSPS) is 10.6. The molecule has 0 amide bonds. The molecular formula is C12H8F2NO2S2-. The van der Waals surface area contributed by atoms with Crippen molar-refractivity contribution in [2.24, 2.45) is 0 Å². The first kappa shape index (κ1) is 14.0. The number of carboxylic acid groups (broad SMARTS) is 1. The number of allylic oxidation sites excluding steroid dienone is 1. The molecule has 19 heavy (non-hydrogen) atoms. The molecule has 0 saturated carbocycles. The summed E-state index contributed by atoms with van der Waals surface area (Å²) in [4.78, 5) is 15.0. The lowest BCUT2D eigenvalue weighted by atomic mass is 10.2. The van der Waals surface area contributed by atoms with E-state index in [1.165, 1.54) is 35.2 Å². The number of carbonyl (C=O) groups is 1. The molecule has 2 rings (SSSR count). The van der Waals surface area contributed by atoms with Gasteiger partial charge in [-0.05, 0) is 30.2 Å². The number of halogens is 2. The Morgan fingerprint density at radius 3 is 2.95 bits per heavy atom. The zero-order valence-corrected chi connectivity index (χ0v) is 11.2. The van der Waals surface area contributed by atoms with Crippen molar-refractivity contribution in [1.82, 2.24) is 4.98 Å². The van der Waals surface area contributed by atoms with Crippen LogP contribution in [0.1, 0.15) is 16.8 Å². The van der Waals surface area contributed by atoms with Crippen molar-refractivity contribution in [3.05, 3.63) is 35.9 Å². The minimum absolute atomic E-state index is 0.0804. The molecule has 0 aliphatic rings. The van der Waals surface area contributed by atoms with E-state index in [0.29, 0.717) is 11.3 Å². The van der Waals surface area contributed by atoms with Gasteiger partial charge in [-0.25, -0.2) is 4.98 Å². The molecule has 0 atom stereocenters. The first-order chi connectivity index (χ1) is 9.06. The van der Waals surface area contributed by atoms with Crippen molar-refractivity contribution in [3.63, 3.8) is 0 Å².